The van der Waals surface area contributed by atoms with E-state index in [1.165, 1.54) is 12.1 Å². The molecular weight excluding hydrogens is 235 g/mol. The van der Waals surface area contributed by atoms with Crippen molar-refractivity contribution in [1.29, 1.82) is 0 Å². The van der Waals surface area contributed by atoms with Crippen molar-refractivity contribution in [3.63, 3.8) is 0 Å². The highest BCUT2D eigenvalue weighted by molar-refractivity contribution is 5.74. The first-order valence-electron chi connectivity index (χ1n) is 5.89. The Morgan fingerprint density at radius 2 is 2.17 bits per heavy atom. The Morgan fingerprint density at radius 3 is 2.67 bits per heavy atom. The van der Waals surface area contributed by atoms with E-state index in [0.29, 0.717) is 12.3 Å². The van der Waals surface area contributed by atoms with Gasteiger partial charge >= 0.3 is 0 Å². The van der Waals surface area contributed by atoms with Crippen LogP contribution in [-0.4, -0.2) is 25.6 Å². The maximum absolute atomic E-state index is 13.2. The van der Waals surface area contributed by atoms with E-state index in [0.717, 1.165) is 10.5 Å². The monoisotopic (exact) mass is 255 g/mol. The zero-order valence-corrected chi connectivity index (χ0v) is 11.0. The summed E-state index contributed by atoms with van der Waals surface area (Å²) in [4.78, 5) is 12.0. The normalized spacial score (nSPS) is 12.5. The maximum Gasteiger partial charge on any atom is 0.272 e. The van der Waals surface area contributed by atoms with E-state index in [4.69, 9.17) is 10.5 Å². The second-order valence-electron chi connectivity index (χ2n) is 4.59. The number of ether oxygens (including phenoxy) is 1. The van der Waals surface area contributed by atoms with E-state index in [-0.39, 0.29) is 24.3 Å². The lowest BCUT2D eigenvalue weighted by Crippen LogP contribution is -3.14. The van der Waals surface area contributed by atoms with Crippen LogP contribution < -0.4 is 15.4 Å². The Kier molecular flexibility index (Phi) is 5.09. The highest BCUT2D eigenvalue weighted by Crippen LogP contribution is 2.18. The molecule has 0 aliphatic rings. The standard InChI is InChI=1S/C13H19FN2O2/c1-9(2)16(8-13(15)17)7-10-6-11(14)4-5-12(10)18-3/h4-6,9H,7-8H2,1-3H3,(H2,15,17)/p+1. The Hall–Kier alpha value is -1.62. The summed E-state index contributed by atoms with van der Waals surface area (Å²) in [7, 11) is 1.54. The van der Waals surface area contributed by atoms with Crippen molar-refractivity contribution in [3.8, 4) is 5.75 Å². The molecule has 1 aromatic carbocycles. The molecule has 100 valence electrons. The first kappa shape index (κ1) is 14.4. The smallest absolute Gasteiger partial charge is 0.272 e. The maximum atomic E-state index is 13.2. The number of rotatable bonds is 6. The minimum absolute atomic E-state index is 0.213. The van der Waals surface area contributed by atoms with Gasteiger partial charge in [0.2, 0.25) is 0 Å². The molecule has 0 spiro atoms. The fourth-order valence-corrected chi connectivity index (χ4v) is 1.82. The van der Waals surface area contributed by atoms with Gasteiger partial charge in [0.05, 0.1) is 18.7 Å². The quantitative estimate of drug-likeness (QED) is 0.758. The van der Waals surface area contributed by atoms with Crippen molar-refractivity contribution in [2.24, 2.45) is 5.73 Å². The Bertz CT molecular complexity index is 421. The SMILES string of the molecule is COc1ccc(F)cc1C[NH+](CC(N)=O)C(C)C. The van der Waals surface area contributed by atoms with E-state index in [2.05, 4.69) is 0 Å². The molecule has 0 aromatic heterocycles. The number of hydrogen-bond donors (Lipinski definition) is 2. The Balaban J connectivity index is 2.92. The van der Waals surface area contributed by atoms with Crippen LogP contribution in [0.2, 0.25) is 0 Å². The molecule has 3 N–H and O–H groups in total. The predicted molar refractivity (Wildman–Crippen MR) is 66.8 cm³/mol. The van der Waals surface area contributed by atoms with Crippen LogP contribution >= 0.6 is 0 Å². The number of quaternary nitrogens is 1. The predicted octanol–water partition coefficient (Wildman–Crippen LogP) is 0.113. The second-order valence-corrected chi connectivity index (χ2v) is 4.59. The van der Waals surface area contributed by atoms with Crippen LogP contribution in [0.15, 0.2) is 18.2 Å². The molecule has 18 heavy (non-hydrogen) atoms. The minimum Gasteiger partial charge on any atom is -0.496 e. The van der Waals surface area contributed by atoms with Gasteiger partial charge in [0.15, 0.2) is 6.54 Å². The molecule has 4 nitrogen and oxygen atoms in total. The van der Waals surface area contributed by atoms with Crippen LogP contribution in [0.1, 0.15) is 19.4 Å². The number of carbonyl (C=O) groups is 1. The van der Waals surface area contributed by atoms with E-state index >= 15 is 0 Å². The van der Waals surface area contributed by atoms with Crippen molar-refractivity contribution >= 4 is 5.91 Å². The molecule has 5 heteroatoms. The molecule has 1 amide bonds. The summed E-state index contributed by atoms with van der Waals surface area (Å²) < 4.78 is 18.4. The summed E-state index contributed by atoms with van der Waals surface area (Å²) in [5, 5.41) is 0. The third-order valence-electron chi connectivity index (χ3n) is 2.88. The van der Waals surface area contributed by atoms with E-state index in [1.54, 1.807) is 13.2 Å². The van der Waals surface area contributed by atoms with Crippen LogP contribution in [0.3, 0.4) is 0 Å². The average Bonchev–Trinajstić information content (AvgIpc) is 2.27. The van der Waals surface area contributed by atoms with Gasteiger partial charge < -0.3 is 15.4 Å². The fourth-order valence-electron chi connectivity index (χ4n) is 1.82. The molecule has 0 bridgehead atoms. The molecule has 1 unspecified atom stereocenters. The van der Waals surface area contributed by atoms with Gasteiger partial charge in [0.25, 0.3) is 5.91 Å². The highest BCUT2D eigenvalue weighted by Gasteiger charge is 2.19. The van der Waals surface area contributed by atoms with Gasteiger partial charge in [-0.25, -0.2) is 4.39 Å². The van der Waals surface area contributed by atoms with Crippen LogP contribution in [-0.2, 0) is 11.3 Å². The molecule has 1 atom stereocenters. The van der Waals surface area contributed by atoms with E-state index in [9.17, 15) is 9.18 Å². The summed E-state index contributed by atoms with van der Waals surface area (Å²) in [5.41, 5.74) is 5.96. The summed E-state index contributed by atoms with van der Waals surface area (Å²) in [6.07, 6.45) is 0. The Morgan fingerprint density at radius 1 is 1.50 bits per heavy atom. The zero-order chi connectivity index (χ0) is 13.7. The van der Waals surface area contributed by atoms with E-state index in [1.807, 2.05) is 13.8 Å². The van der Waals surface area contributed by atoms with Crippen LogP contribution in [0.5, 0.6) is 5.75 Å². The summed E-state index contributed by atoms with van der Waals surface area (Å²) in [6.45, 7) is 4.70. The largest absolute Gasteiger partial charge is 0.496 e. The number of halogens is 1. The second kappa shape index (κ2) is 6.35. The molecular formula is C13H20FN2O2+. The van der Waals surface area contributed by atoms with Gasteiger partial charge in [0.1, 0.15) is 18.1 Å². The van der Waals surface area contributed by atoms with Crippen LogP contribution in [0.25, 0.3) is 0 Å². The number of hydrogen-bond acceptors (Lipinski definition) is 2. The van der Waals surface area contributed by atoms with Crippen molar-refractivity contribution in [3.05, 3.63) is 29.6 Å². The third-order valence-corrected chi connectivity index (χ3v) is 2.88. The van der Waals surface area contributed by atoms with Gasteiger partial charge in [0, 0.05) is 0 Å². The molecule has 0 saturated heterocycles. The highest BCUT2D eigenvalue weighted by atomic mass is 19.1. The van der Waals surface area contributed by atoms with E-state index < -0.39 is 0 Å². The lowest BCUT2D eigenvalue weighted by molar-refractivity contribution is -0.927. The lowest BCUT2D eigenvalue weighted by atomic mass is 10.1. The fraction of sp³-hybridized carbons (Fsp3) is 0.462. The average molecular weight is 255 g/mol. The molecule has 1 rings (SSSR count). The van der Waals surface area contributed by atoms with Gasteiger partial charge in [-0.15, -0.1) is 0 Å². The lowest BCUT2D eigenvalue weighted by Gasteiger charge is -2.23. The molecule has 0 radical (unpaired) electrons. The first-order chi connectivity index (χ1) is 8.43. The number of methoxy groups -OCH3 is 1. The molecule has 0 fully saturated rings. The molecule has 0 heterocycles. The molecule has 0 saturated carbocycles. The third kappa shape index (κ3) is 4.00. The van der Waals surface area contributed by atoms with Gasteiger partial charge in [-0.2, -0.15) is 0 Å². The summed E-state index contributed by atoms with van der Waals surface area (Å²) >= 11 is 0. The number of amides is 1. The summed E-state index contributed by atoms with van der Waals surface area (Å²) in [5.74, 6) is -0.0546. The number of benzene rings is 1. The van der Waals surface area contributed by atoms with Gasteiger partial charge in [-0.1, -0.05) is 0 Å². The number of nitrogens with two attached hydrogens (primary N) is 1. The van der Waals surface area contributed by atoms with Crippen LogP contribution in [0.4, 0.5) is 4.39 Å². The molecule has 0 aliphatic carbocycles. The molecule has 1 aromatic rings. The molecule has 0 aliphatic heterocycles. The minimum atomic E-state index is -0.367. The van der Waals surface area contributed by atoms with Crippen LogP contribution in [0, 0.1) is 5.82 Å². The number of nitrogens with one attached hydrogen (secondary N) is 1. The van der Waals surface area contributed by atoms with Gasteiger partial charge in [-0.3, -0.25) is 4.79 Å². The van der Waals surface area contributed by atoms with Gasteiger partial charge in [-0.05, 0) is 32.0 Å². The number of carbonyl (C=O) groups excluding carboxylic acids is 1. The van der Waals surface area contributed by atoms with Crippen molar-refractivity contribution in [1.82, 2.24) is 0 Å². The van der Waals surface area contributed by atoms with Crippen molar-refractivity contribution < 1.29 is 18.8 Å². The Labute approximate surface area is 107 Å². The summed E-state index contributed by atoms with van der Waals surface area (Å²) in [6, 6.07) is 4.59. The van der Waals surface area contributed by atoms with Crippen molar-refractivity contribution in [2.75, 3.05) is 13.7 Å². The topological polar surface area (TPSA) is 56.8 Å². The first-order valence-corrected chi connectivity index (χ1v) is 5.89. The van der Waals surface area contributed by atoms with Crippen molar-refractivity contribution in [2.45, 2.75) is 26.4 Å². The number of primary amides is 1. The zero-order valence-electron chi connectivity index (χ0n) is 11.0.